The minimum Gasteiger partial charge on any atom is -0.497 e. The van der Waals surface area contributed by atoms with Gasteiger partial charge in [0.15, 0.2) is 10.8 Å². The highest BCUT2D eigenvalue weighted by atomic mass is 32.1. The van der Waals surface area contributed by atoms with Gasteiger partial charge in [0.2, 0.25) is 0 Å². The Labute approximate surface area is 134 Å². The topological polar surface area (TPSA) is 68.8 Å². The molecule has 3 atom stereocenters. The van der Waals surface area contributed by atoms with Gasteiger partial charge in [-0.2, -0.15) is 0 Å². The zero-order valence-corrected chi connectivity index (χ0v) is 13.5. The number of carbonyl (C=O) groups excluding carboxylic acids is 1. The molecule has 1 aromatic rings. The Morgan fingerprint density at radius 1 is 1.50 bits per heavy atom. The van der Waals surface area contributed by atoms with Crippen LogP contribution in [0.5, 0.6) is 11.5 Å². The highest BCUT2D eigenvalue weighted by molar-refractivity contribution is 7.80. The minimum atomic E-state index is -0.944. The maximum atomic E-state index is 12.4. The summed E-state index contributed by atoms with van der Waals surface area (Å²) in [5.74, 6) is 0.501. The number of thiocarbonyl (C=S) groups is 1. The molecule has 3 rings (SSSR count). The lowest BCUT2D eigenvalue weighted by Crippen LogP contribution is -2.70. The van der Waals surface area contributed by atoms with Crippen molar-refractivity contribution >= 4 is 23.3 Å². The molecule has 6 nitrogen and oxygen atoms in total. The van der Waals surface area contributed by atoms with E-state index < -0.39 is 11.6 Å². The molecule has 7 heteroatoms. The number of ether oxygens (including phenoxy) is 3. The van der Waals surface area contributed by atoms with Gasteiger partial charge in [-0.3, -0.25) is 4.79 Å². The summed E-state index contributed by atoms with van der Waals surface area (Å²) in [6, 6.07) is 5.18. The molecule has 1 fully saturated rings. The standard InChI is InChI=1S/C15H18N2O4S/c1-4-20-13(18)11-12-9-7-8(19-3)5-6-10(9)21-15(11,2)17-14(22)16-12/h5-7,11-12H,4H2,1-3H3,(H2,16,17,22)/t11-,12+,15-/m0/s1. The van der Waals surface area contributed by atoms with Crippen LogP contribution in [0.25, 0.3) is 0 Å². The maximum absolute atomic E-state index is 12.4. The lowest BCUT2D eigenvalue weighted by atomic mass is 9.80. The minimum absolute atomic E-state index is 0.313. The van der Waals surface area contributed by atoms with E-state index in [2.05, 4.69) is 10.6 Å². The van der Waals surface area contributed by atoms with Gasteiger partial charge in [-0.15, -0.1) is 0 Å². The highest BCUT2D eigenvalue weighted by Gasteiger charge is 2.55. The van der Waals surface area contributed by atoms with E-state index in [0.29, 0.717) is 23.2 Å². The molecule has 2 N–H and O–H groups in total. The number of carbonyl (C=O) groups is 1. The molecular weight excluding hydrogens is 304 g/mol. The Kier molecular flexibility index (Phi) is 3.60. The smallest absolute Gasteiger partial charge is 0.317 e. The monoisotopic (exact) mass is 322 g/mol. The Bertz CT molecular complexity index is 636. The van der Waals surface area contributed by atoms with Gasteiger partial charge in [0.05, 0.1) is 19.8 Å². The molecule has 118 valence electrons. The number of nitrogens with one attached hydrogen (secondary N) is 2. The molecule has 0 aromatic heterocycles. The number of fused-ring (bicyclic) bond motifs is 4. The third-order valence-electron chi connectivity index (χ3n) is 3.99. The molecule has 0 radical (unpaired) electrons. The SMILES string of the molecule is CCOC(=O)[C@@H]1[C@@H]2NC(=S)N[C@@]1(C)Oc1ccc(OC)cc12. The summed E-state index contributed by atoms with van der Waals surface area (Å²) in [7, 11) is 1.60. The average molecular weight is 322 g/mol. The molecule has 1 aromatic carbocycles. The van der Waals surface area contributed by atoms with Crippen LogP contribution in [0.15, 0.2) is 18.2 Å². The fraction of sp³-hybridized carbons (Fsp3) is 0.467. The molecule has 0 aliphatic carbocycles. The Morgan fingerprint density at radius 2 is 2.27 bits per heavy atom. The Balaban J connectivity index is 2.09. The van der Waals surface area contributed by atoms with E-state index in [9.17, 15) is 4.79 Å². The van der Waals surface area contributed by atoms with E-state index in [0.717, 1.165) is 5.56 Å². The predicted molar refractivity (Wildman–Crippen MR) is 83.8 cm³/mol. The van der Waals surface area contributed by atoms with Gasteiger partial charge in [0, 0.05) is 5.56 Å². The molecule has 2 aliphatic rings. The van der Waals surface area contributed by atoms with Gasteiger partial charge >= 0.3 is 5.97 Å². The molecule has 0 spiro atoms. The van der Waals surface area contributed by atoms with E-state index in [1.807, 2.05) is 25.1 Å². The summed E-state index contributed by atoms with van der Waals surface area (Å²) in [5, 5.41) is 6.65. The Morgan fingerprint density at radius 3 is 2.95 bits per heavy atom. The maximum Gasteiger partial charge on any atom is 0.317 e. The van der Waals surface area contributed by atoms with Crippen LogP contribution in [-0.2, 0) is 9.53 Å². The number of benzene rings is 1. The number of hydrogen-bond acceptors (Lipinski definition) is 5. The zero-order valence-electron chi connectivity index (χ0n) is 12.6. The van der Waals surface area contributed by atoms with Crippen molar-refractivity contribution in [2.45, 2.75) is 25.6 Å². The summed E-state index contributed by atoms with van der Waals surface area (Å²) in [5.41, 5.74) is -0.111. The molecule has 22 heavy (non-hydrogen) atoms. The van der Waals surface area contributed by atoms with Gasteiger partial charge in [0.1, 0.15) is 17.4 Å². The largest absolute Gasteiger partial charge is 0.497 e. The van der Waals surface area contributed by atoms with Crippen LogP contribution in [0.1, 0.15) is 25.5 Å². The summed E-state index contributed by atoms with van der Waals surface area (Å²) in [6.45, 7) is 3.90. The molecule has 1 saturated heterocycles. The molecular formula is C15H18N2O4S. The van der Waals surface area contributed by atoms with Crippen molar-refractivity contribution in [3.8, 4) is 11.5 Å². The lowest BCUT2D eigenvalue weighted by Gasteiger charge is -2.50. The molecule has 2 bridgehead atoms. The van der Waals surface area contributed by atoms with Gasteiger partial charge in [-0.05, 0) is 44.3 Å². The van der Waals surface area contributed by atoms with Crippen LogP contribution < -0.4 is 20.1 Å². The second-order valence-corrected chi connectivity index (χ2v) is 5.83. The van der Waals surface area contributed by atoms with Crippen LogP contribution in [0, 0.1) is 5.92 Å². The average Bonchev–Trinajstić information content (AvgIpc) is 2.45. The van der Waals surface area contributed by atoms with Crippen molar-refractivity contribution in [1.82, 2.24) is 10.6 Å². The first-order valence-electron chi connectivity index (χ1n) is 7.10. The van der Waals surface area contributed by atoms with Gasteiger partial charge in [-0.25, -0.2) is 0 Å². The van der Waals surface area contributed by atoms with Crippen molar-refractivity contribution in [2.75, 3.05) is 13.7 Å². The number of methoxy groups -OCH3 is 1. The van der Waals surface area contributed by atoms with E-state index >= 15 is 0 Å². The second kappa shape index (κ2) is 5.31. The lowest BCUT2D eigenvalue weighted by molar-refractivity contribution is -0.162. The number of rotatable bonds is 3. The van der Waals surface area contributed by atoms with Crippen molar-refractivity contribution in [2.24, 2.45) is 5.92 Å². The van der Waals surface area contributed by atoms with Crippen LogP contribution in [0.4, 0.5) is 0 Å². The van der Waals surface area contributed by atoms with Crippen LogP contribution >= 0.6 is 12.2 Å². The second-order valence-electron chi connectivity index (χ2n) is 5.42. The first-order valence-corrected chi connectivity index (χ1v) is 7.51. The first-order chi connectivity index (χ1) is 10.5. The Hall–Kier alpha value is -2.02. The van der Waals surface area contributed by atoms with E-state index in [1.165, 1.54) is 0 Å². The van der Waals surface area contributed by atoms with Gasteiger partial charge in [-0.1, -0.05) is 0 Å². The molecule has 0 amide bonds. The van der Waals surface area contributed by atoms with Gasteiger partial charge < -0.3 is 24.8 Å². The predicted octanol–water partition coefficient (Wildman–Crippen LogP) is 1.50. The third kappa shape index (κ3) is 2.25. The zero-order chi connectivity index (χ0) is 15.9. The summed E-state index contributed by atoms with van der Waals surface area (Å²) < 4.78 is 16.5. The van der Waals surface area contributed by atoms with Crippen molar-refractivity contribution in [3.63, 3.8) is 0 Å². The highest BCUT2D eigenvalue weighted by Crippen LogP contribution is 2.46. The van der Waals surface area contributed by atoms with Crippen molar-refractivity contribution in [3.05, 3.63) is 23.8 Å². The van der Waals surface area contributed by atoms with E-state index in [-0.39, 0.29) is 12.0 Å². The molecule has 0 saturated carbocycles. The van der Waals surface area contributed by atoms with E-state index in [4.69, 9.17) is 26.4 Å². The first kappa shape index (κ1) is 14.9. The van der Waals surface area contributed by atoms with Crippen molar-refractivity contribution in [1.29, 1.82) is 0 Å². The number of esters is 1. The normalized spacial score (nSPS) is 28.6. The molecule has 0 unspecified atom stereocenters. The van der Waals surface area contributed by atoms with Crippen LogP contribution in [0.2, 0.25) is 0 Å². The summed E-state index contributed by atoms with van der Waals surface area (Å²) in [6.07, 6.45) is 0. The molecule has 2 heterocycles. The summed E-state index contributed by atoms with van der Waals surface area (Å²) >= 11 is 5.24. The fourth-order valence-corrected chi connectivity index (χ4v) is 3.37. The molecule has 2 aliphatic heterocycles. The van der Waals surface area contributed by atoms with Crippen molar-refractivity contribution < 1.29 is 19.0 Å². The van der Waals surface area contributed by atoms with Crippen LogP contribution in [-0.4, -0.2) is 30.5 Å². The fourth-order valence-electron chi connectivity index (χ4n) is 3.04. The van der Waals surface area contributed by atoms with Crippen LogP contribution in [0.3, 0.4) is 0 Å². The third-order valence-corrected chi connectivity index (χ3v) is 4.21. The number of hydrogen-bond donors (Lipinski definition) is 2. The van der Waals surface area contributed by atoms with E-state index in [1.54, 1.807) is 14.0 Å². The summed E-state index contributed by atoms with van der Waals surface area (Å²) in [4.78, 5) is 12.4. The van der Waals surface area contributed by atoms with Gasteiger partial charge in [0.25, 0.3) is 0 Å². The quantitative estimate of drug-likeness (QED) is 0.645.